The molecule has 0 aliphatic carbocycles. The van der Waals surface area contributed by atoms with Crippen LogP contribution in [0.25, 0.3) is 11.2 Å². The van der Waals surface area contributed by atoms with Gasteiger partial charge >= 0.3 is 0 Å². The molecule has 2 aromatic heterocycles. The summed E-state index contributed by atoms with van der Waals surface area (Å²) in [6.07, 6.45) is 3.56. The zero-order valence-electron chi connectivity index (χ0n) is 11.3. The summed E-state index contributed by atoms with van der Waals surface area (Å²) < 4.78 is 1.86. The Kier molecular flexibility index (Phi) is 4.59. The van der Waals surface area contributed by atoms with Crippen molar-refractivity contribution < 1.29 is 0 Å². The number of imidazole rings is 1. The second kappa shape index (κ2) is 6.41. The maximum absolute atomic E-state index is 11.7. The second-order valence-electron chi connectivity index (χ2n) is 4.65. The first-order chi connectivity index (χ1) is 9.74. The molecule has 0 spiro atoms. The van der Waals surface area contributed by atoms with Crippen LogP contribution in [-0.4, -0.2) is 19.5 Å². The van der Waals surface area contributed by atoms with Gasteiger partial charge in [-0.25, -0.2) is 4.98 Å². The third-order valence-electron chi connectivity index (χ3n) is 3.20. The smallest absolute Gasteiger partial charge is 0.280 e. The molecule has 3 aromatic rings. The molecule has 21 heavy (non-hydrogen) atoms. The van der Waals surface area contributed by atoms with E-state index >= 15 is 0 Å². The molecule has 0 aliphatic rings. The van der Waals surface area contributed by atoms with E-state index in [0.29, 0.717) is 11.2 Å². The third-order valence-corrected chi connectivity index (χ3v) is 3.20. The third kappa shape index (κ3) is 3.22. The van der Waals surface area contributed by atoms with E-state index in [9.17, 15) is 4.79 Å². The van der Waals surface area contributed by atoms with Gasteiger partial charge in [-0.1, -0.05) is 30.3 Å². The van der Waals surface area contributed by atoms with Crippen LogP contribution < -0.4 is 11.3 Å². The Morgan fingerprint density at radius 3 is 2.76 bits per heavy atom. The van der Waals surface area contributed by atoms with E-state index in [1.165, 1.54) is 5.56 Å². The summed E-state index contributed by atoms with van der Waals surface area (Å²) in [4.78, 5) is 22.3. The van der Waals surface area contributed by atoms with Crippen LogP contribution in [0.2, 0.25) is 0 Å². The summed E-state index contributed by atoms with van der Waals surface area (Å²) in [5.74, 6) is 0.118. The van der Waals surface area contributed by atoms with Crippen molar-refractivity contribution in [3.05, 3.63) is 52.6 Å². The number of hydrogen-bond acceptors (Lipinski definition) is 4. The van der Waals surface area contributed by atoms with Gasteiger partial charge in [0.15, 0.2) is 11.2 Å². The van der Waals surface area contributed by atoms with Crippen molar-refractivity contribution >= 4 is 29.5 Å². The van der Waals surface area contributed by atoms with Crippen LogP contribution >= 0.6 is 12.4 Å². The monoisotopic (exact) mass is 305 g/mol. The molecule has 0 saturated carbocycles. The number of aromatic amines is 1. The van der Waals surface area contributed by atoms with Crippen molar-refractivity contribution in [2.24, 2.45) is 0 Å². The van der Waals surface area contributed by atoms with Crippen LogP contribution in [0.3, 0.4) is 0 Å². The number of benzene rings is 1. The lowest BCUT2D eigenvalue weighted by molar-refractivity contribution is 0.653. The molecule has 6 nitrogen and oxygen atoms in total. The average molecular weight is 306 g/mol. The lowest BCUT2D eigenvalue weighted by atomic mass is 10.1. The van der Waals surface area contributed by atoms with E-state index in [1.807, 2.05) is 22.8 Å². The van der Waals surface area contributed by atoms with Gasteiger partial charge in [0.2, 0.25) is 5.95 Å². The van der Waals surface area contributed by atoms with E-state index < -0.39 is 0 Å². The predicted molar refractivity (Wildman–Crippen MR) is 84.6 cm³/mol. The lowest BCUT2D eigenvalue weighted by Gasteiger charge is -2.04. The van der Waals surface area contributed by atoms with Gasteiger partial charge in [-0.15, -0.1) is 12.4 Å². The number of aromatic nitrogens is 4. The topological polar surface area (TPSA) is 89.6 Å². The highest BCUT2D eigenvalue weighted by atomic mass is 35.5. The minimum absolute atomic E-state index is 0. The van der Waals surface area contributed by atoms with Gasteiger partial charge in [-0.2, -0.15) is 4.98 Å². The minimum Gasteiger partial charge on any atom is -0.369 e. The van der Waals surface area contributed by atoms with Gasteiger partial charge in [0.1, 0.15) is 0 Å². The van der Waals surface area contributed by atoms with Crippen molar-refractivity contribution in [2.45, 2.75) is 19.4 Å². The number of nitrogens with one attached hydrogen (secondary N) is 1. The van der Waals surface area contributed by atoms with Crippen molar-refractivity contribution in [1.82, 2.24) is 19.5 Å². The number of aryl methyl sites for hydroxylation is 2. The quantitative estimate of drug-likeness (QED) is 0.768. The normalized spacial score (nSPS) is 10.5. The van der Waals surface area contributed by atoms with Crippen LogP contribution in [0.1, 0.15) is 12.0 Å². The fourth-order valence-corrected chi connectivity index (χ4v) is 2.23. The Balaban J connectivity index is 0.00000161. The molecule has 0 bridgehead atoms. The minimum atomic E-state index is -0.297. The van der Waals surface area contributed by atoms with Crippen molar-refractivity contribution in [3.8, 4) is 0 Å². The molecule has 1 aromatic carbocycles. The maximum Gasteiger partial charge on any atom is 0.280 e. The van der Waals surface area contributed by atoms with E-state index in [1.54, 1.807) is 6.33 Å². The fourth-order valence-electron chi connectivity index (χ4n) is 2.23. The van der Waals surface area contributed by atoms with Gasteiger partial charge < -0.3 is 10.3 Å². The Morgan fingerprint density at radius 2 is 2.00 bits per heavy atom. The highest BCUT2D eigenvalue weighted by molar-refractivity contribution is 5.85. The fraction of sp³-hybridized carbons (Fsp3) is 0.214. The van der Waals surface area contributed by atoms with Gasteiger partial charge in [0.25, 0.3) is 5.56 Å². The number of halogens is 1. The molecular formula is C14H16ClN5O. The van der Waals surface area contributed by atoms with Crippen LogP contribution in [0, 0.1) is 0 Å². The molecule has 110 valence electrons. The number of hydrogen-bond donors (Lipinski definition) is 2. The van der Waals surface area contributed by atoms with Crippen LogP contribution in [0.5, 0.6) is 0 Å². The van der Waals surface area contributed by atoms with E-state index in [0.717, 1.165) is 19.4 Å². The standard InChI is InChI=1S/C14H15N5O.ClH/c15-14-17-12-11(13(20)18-14)16-9-19(12)8-4-7-10-5-2-1-3-6-10;/h1-3,5-6,9H,4,7-8H2,(H3,15,17,18,20);1H. The molecule has 3 N–H and O–H groups in total. The molecule has 0 radical (unpaired) electrons. The molecule has 0 unspecified atom stereocenters. The molecule has 3 rings (SSSR count). The van der Waals surface area contributed by atoms with Crippen molar-refractivity contribution in [3.63, 3.8) is 0 Å². The number of nitrogens with two attached hydrogens (primary N) is 1. The first kappa shape index (κ1) is 15.1. The summed E-state index contributed by atoms with van der Waals surface area (Å²) in [6.45, 7) is 0.751. The summed E-state index contributed by atoms with van der Waals surface area (Å²) in [5.41, 5.74) is 7.43. The van der Waals surface area contributed by atoms with Crippen LogP contribution in [-0.2, 0) is 13.0 Å². The second-order valence-corrected chi connectivity index (χ2v) is 4.65. The number of nitrogen functional groups attached to an aromatic ring is 1. The number of rotatable bonds is 4. The molecular weight excluding hydrogens is 290 g/mol. The molecule has 0 atom stereocenters. The first-order valence-corrected chi connectivity index (χ1v) is 6.48. The maximum atomic E-state index is 11.7. The lowest BCUT2D eigenvalue weighted by Crippen LogP contribution is -2.12. The number of fused-ring (bicyclic) bond motifs is 1. The van der Waals surface area contributed by atoms with Crippen molar-refractivity contribution in [1.29, 1.82) is 0 Å². The van der Waals surface area contributed by atoms with Gasteiger partial charge in [-0.3, -0.25) is 9.78 Å². The van der Waals surface area contributed by atoms with Crippen LogP contribution in [0.4, 0.5) is 5.95 Å². The molecule has 0 aliphatic heterocycles. The molecule has 0 saturated heterocycles. The summed E-state index contributed by atoms with van der Waals surface area (Å²) >= 11 is 0. The van der Waals surface area contributed by atoms with Crippen LogP contribution in [0.15, 0.2) is 41.5 Å². The van der Waals surface area contributed by atoms with E-state index in [4.69, 9.17) is 5.73 Å². The molecule has 0 fully saturated rings. The zero-order valence-corrected chi connectivity index (χ0v) is 12.1. The zero-order chi connectivity index (χ0) is 13.9. The average Bonchev–Trinajstić information content (AvgIpc) is 2.83. The molecule has 0 amide bonds. The first-order valence-electron chi connectivity index (χ1n) is 6.48. The Hall–Kier alpha value is -2.34. The summed E-state index contributed by atoms with van der Waals surface area (Å²) in [5, 5.41) is 0. The molecule has 7 heteroatoms. The Morgan fingerprint density at radius 1 is 1.24 bits per heavy atom. The largest absolute Gasteiger partial charge is 0.369 e. The summed E-state index contributed by atoms with van der Waals surface area (Å²) in [6, 6.07) is 10.3. The predicted octanol–water partition coefficient (Wildman–Crippen LogP) is 1.76. The van der Waals surface area contributed by atoms with Crippen molar-refractivity contribution in [2.75, 3.05) is 5.73 Å². The highest BCUT2D eigenvalue weighted by Crippen LogP contribution is 2.09. The highest BCUT2D eigenvalue weighted by Gasteiger charge is 2.08. The Labute approximate surface area is 127 Å². The number of anilines is 1. The molecule has 2 heterocycles. The van der Waals surface area contributed by atoms with Gasteiger partial charge in [0.05, 0.1) is 6.33 Å². The SMILES string of the molecule is Cl.Nc1nc2c(ncn2CCCc2ccccc2)c(=O)[nH]1. The van der Waals surface area contributed by atoms with Gasteiger partial charge in [0, 0.05) is 6.54 Å². The van der Waals surface area contributed by atoms with E-state index in [-0.39, 0.29) is 23.9 Å². The van der Waals surface area contributed by atoms with E-state index in [2.05, 4.69) is 27.1 Å². The summed E-state index contributed by atoms with van der Waals surface area (Å²) in [7, 11) is 0. The Bertz CT molecular complexity index is 781. The number of H-pyrrole nitrogens is 1. The number of nitrogens with zero attached hydrogens (tertiary/aromatic N) is 3. The van der Waals surface area contributed by atoms with Gasteiger partial charge in [-0.05, 0) is 18.4 Å².